The molecule has 1 fully saturated rings. The van der Waals surface area contributed by atoms with Crippen LogP contribution in [-0.4, -0.2) is 12.6 Å². The van der Waals surface area contributed by atoms with Crippen molar-refractivity contribution in [2.24, 2.45) is 11.8 Å². The van der Waals surface area contributed by atoms with Crippen molar-refractivity contribution in [1.82, 2.24) is 5.32 Å². The number of hydrogen-bond donors (Lipinski definition) is 1. The maximum Gasteiger partial charge on any atom is 0.00952 e. The standard InChI is InChI=1S/C16H33N/c1-4-7-8-9-16(17-6-3)15-12-10-14(5-2)11-13-15/h14-17H,4-13H2,1-3H3. The smallest absolute Gasteiger partial charge is 0.00952 e. The van der Waals surface area contributed by atoms with Gasteiger partial charge in [-0.1, -0.05) is 59.3 Å². The third kappa shape index (κ3) is 5.42. The molecule has 1 nitrogen and oxygen atoms in total. The van der Waals surface area contributed by atoms with Crippen molar-refractivity contribution in [3.8, 4) is 0 Å². The van der Waals surface area contributed by atoms with Gasteiger partial charge >= 0.3 is 0 Å². The van der Waals surface area contributed by atoms with Gasteiger partial charge in [-0.3, -0.25) is 0 Å². The lowest BCUT2D eigenvalue weighted by Crippen LogP contribution is -2.38. The minimum atomic E-state index is 0.810. The van der Waals surface area contributed by atoms with E-state index in [-0.39, 0.29) is 0 Å². The van der Waals surface area contributed by atoms with Gasteiger partial charge in [0.15, 0.2) is 0 Å². The molecule has 17 heavy (non-hydrogen) atoms. The lowest BCUT2D eigenvalue weighted by atomic mass is 9.76. The Bertz CT molecular complexity index is 170. The summed E-state index contributed by atoms with van der Waals surface area (Å²) in [5.74, 6) is 2.00. The number of hydrogen-bond acceptors (Lipinski definition) is 1. The second-order valence-electron chi connectivity index (χ2n) is 5.85. The molecule has 1 aliphatic rings. The van der Waals surface area contributed by atoms with E-state index in [1.165, 1.54) is 57.8 Å². The summed E-state index contributed by atoms with van der Waals surface area (Å²) in [5.41, 5.74) is 0. The van der Waals surface area contributed by atoms with Crippen LogP contribution in [0.1, 0.15) is 78.6 Å². The quantitative estimate of drug-likeness (QED) is 0.602. The molecule has 0 aromatic rings. The summed E-state index contributed by atoms with van der Waals surface area (Å²) < 4.78 is 0. The van der Waals surface area contributed by atoms with Gasteiger partial charge in [0.1, 0.15) is 0 Å². The molecule has 1 N–H and O–H groups in total. The van der Waals surface area contributed by atoms with Crippen molar-refractivity contribution in [2.45, 2.75) is 84.6 Å². The first-order chi connectivity index (χ1) is 8.31. The molecule has 0 aromatic heterocycles. The topological polar surface area (TPSA) is 12.0 Å². The Morgan fingerprint density at radius 1 is 1.00 bits per heavy atom. The van der Waals surface area contributed by atoms with E-state index >= 15 is 0 Å². The van der Waals surface area contributed by atoms with E-state index in [9.17, 15) is 0 Å². The Morgan fingerprint density at radius 3 is 2.24 bits per heavy atom. The lowest BCUT2D eigenvalue weighted by Gasteiger charge is -2.34. The minimum Gasteiger partial charge on any atom is -0.314 e. The van der Waals surface area contributed by atoms with Crippen LogP contribution in [0.15, 0.2) is 0 Å². The number of nitrogens with one attached hydrogen (secondary N) is 1. The van der Waals surface area contributed by atoms with Gasteiger partial charge < -0.3 is 5.32 Å². The second-order valence-corrected chi connectivity index (χ2v) is 5.85. The van der Waals surface area contributed by atoms with Crippen LogP contribution in [0.4, 0.5) is 0 Å². The van der Waals surface area contributed by atoms with Crippen LogP contribution in [0, 0.1) is 11.8 Å². The molecular weight excluding hydrogens is 206 g/mol. The Hall–Kier alpha value is -0.0400. The molecule has 0 spiro atoms. The summed E-state index contributed by atoms with van der Waals surface area (Å²) in [5, 5.41) is 3.74. The third-order valence-electron chi connectivity index (χ3n) is 4.62. The van der Waals surface area contributed by atoms with Gasteiger partial charge in [-0.25, -0.2) is 0 Å². The predicted octanol–water partition coefficient (Wildman–Crippen LogP) is 4.76. The fraction of sp³-hybridized carbons (Fsp3) is 1.00. The predicted molar refractivity (Wildman–Crippen MR) is 77.3 cm³/mol. The summed E-state index contributed by atoms with van der Waals surface area (Å²) in [4.78, 5) is 0. The highest BCUT2D eigenvalue weighted by Gasteiger charge is 2.25. The Morgan fingerprint density at radius 2 is 1.71 bits per heavy atom. The molecule has 0 saturated heterocycles. The normalized spacial score (nSPS) is 27.0. The van der Waals surface area contributed by atoms with Crippen molar-refractivity contribution in [1.29, 1.82) is 0 Å². The third-order valence-corrected chi connectivity index (χ3v) is 4.62. The molecule has 0 aromatic carbocycles. The van der Waals surface area contributed by atoms with Gasteiger partial charge in [-0.2, -0.15) is 0 Å². The van der Waals surface area contributed by atoms with E-state index in [0.29, 0.717) is 0 Å². The Labute approximate surface area is 109 Å². The maximum atomic E-state index is 3.74. The molecule has 1 heteroatoms. The van der Waals surface area contributed by atoms with Crippen LogP contribution >= 0.6 is 0 Å². The summed E-state index contributed by atoms with van der Waals surface area (Å²) >= 11 is 0. The largest absolute Gasteiger partial charge is 0.314 e. The molecule has 1 rings (SSSR count). The van der Waals surface area contributed by atoms with Crippen molar-refractivity contribution >= 4 is 0 Å². The first kappa shape index (κ1) is 15.0. The summed E-state index contributed by atoms with van der Waals surface area (Å²) in [7, 11) is 0. The number of rotatable bonds is 8. The van der Waals surface area contributed by atoms with Crippen LogP contribution in [0.5, 0.6) is 0 Å². The van der Waals surface area contributed by atoms with Gasteiger partial charge in [0.25, 0.3) is 0 Å². The molecular formula is C16H33N. The van der Waals surface area contributed by atoms with E-state index in [2.05, 4.69) is 26.1 Å². The van der Waals surface area contributed by atoms with E-state index in [1.54, 1.807) is 0 Å². The van der Waals surface area contributed by atoms with Crippen molar-refractivity contribution in [2.75, 3.05) is 6.54 Å². The first-order valence-electron chi connectivity index (χ1n) is 8.05. The SMILES string of the molecule is CCCCCC(NCC)C1CCC(CC)CC1. The zero-order valence-electron chi connectivity index (χ0n) is 12.3. The molecule has 1 unspecified atom stereocenters. The van der Waals surface area contributed by atoms with Gasteiger partial charge in [0.2, 0.25) is 0 Å². The number of unbranched alkanes of at least 4 members (excludes halogenated alkanes) is 2. The molecule has 0 heterocycles. The van der Waals surface area contributed by atoms with Crippen LogP contribution in [0.2, 0.25) is 0 Å². The van der Waals surface area contributed by atoms with Gasteiger partial charge in [-0.15, -0.1) is 0 Å². The first-order valence-corrected chi connectivity index (χ1v) is 8.05. The van der Waals surface area contributed by atoms with E-state index in [1.807, 2.05) is 0 Å². The van der Waals surface area contributed by atoms with Gasteiger partial charge in [-0.05, 0) is 37.6 Å². The zero-order chi connectivity index (χ0) is 12.5. The maximum absolute atomic E-state index is 3.74. The highest BCUT2D eigenvalue weighted by Crippen LogP contribution is 2.33. The Kier molecular flexibility index (Phi) is 7.92. The van der Waals surface area contributed by atoms with Crippen LogP contribution in [0.3, 0.4) is 0 Å². The molecule has 1 aliphatic carbocycles. The molecule has 102 valence electrons. The van der Waals surface area contributed by atoms with E-state index in [4.69, 9.17) is 0 Å². The van der Waals surface area contributed by atoms with Gasteiger partial charge in [0.05, 0.1) is 0 Å². The van der Waals surface area contributed by atoms with Crippen LogP contribution < -0.4 is 5.32 Å². The lowest BCUT2D eigenvalue weighted by molar-refractivity contribution is 0.210. The second kappa shape index (κ2) is 8.97. The molecule has 0 radical (unpaired) electrons. The fourth-order valence-corrected chi connectivity index (χ4v) is 3.38. The highest BCUT2D eigenvalue weighted by atomic mass is 14.9. The van der Waals surface area contributed by atoms with Crippen LogP contribution in [-0.2, 0) is 0 Å². The van der Waals surface area contributed by atoms with E-state index < -0.39 is 0 Å². The molecule has 0 amide bonds. The van der Waals surface area contributed by atoms with Gasteiger partial charge in [0, 0.05) is 6.04 Å². The zero-order valence-corrected chi connectivity index (χ0v) is 12.3. The molecule has 1 atom stereocenters. The average molecular weight is 239 g/mol. The fourth-order valence-electron chi connectivity index (χ4n) is 3.38. The Balaban J connectivity index is 2.31. The van der Waals surface area contributed by atoms with Crippen molar-refractivity contribution < 1.29 is 0 Å². The summed E-state index contributed by atoms with van der Waals surface area (Å²) in [6.45, 7) is 8.05. The average Bonchev–Trinajstić information content (AvgIpc) is 2.38. The van der Waals surface area contributed by atoms with E-state index in [0.717, 1.165) is 24.4 Å². The van der Waals surface area contributed by atoms with Crippen molar-refractivity contribution in [3.63, 3.8) is 0 Å². The summed E-state index contributed by atoms with van der Waals surface area (Å²) in [6.07, 6.45) is 12.9. The molecule has 1 saturated carbocycles. The van der Waals surface area contributed by atoms with Crippen molar-refractivity contribution in [3.05, 3.63) is 0 Å². The monoisotopic (exact) mass is 239 g/mol. The highest BCUT2D eigenvalue weighted by molar-refractivity contribution is 4.81. The molecule has 0 bridgehead atoms. The molecule has 0 aliphatic heterocycles. The minimum absolute atomic E-state index is 0.810. The summed E-state index contributed by atoms with van der Waals surface area (Å²) in [6, 6.07) is 0.810. The van der Waals surface area contributed by atoms with Crippen LogP contribution in [0.25, 0.3) is 0 Å².